The second-order valence-corrected chi connectivity index (χ2v) is 4.93. The van der Waals surface area contributed by atoms with Gasteiger partial charge in [-0.25, -0.2) is 4.68 Å². The van der Waals surface area contributed by atoms with Crippen LogP contribution in [0.2, 0.25) is 0 Å². The lowest BCUT2D eigenvalue weighted by atomic mass is 10.1. The molecule has 5 nitrogen and oxygen atoms in total. The van der Waals surface area contributed by atoms with Crippen molar-refractivity contribution >= 4 is 11.0 Å². The van der Waals surface area contributed by atoms with Crippen LogP contribution >= 0.6 is 0 Å². The Kier molecular flexibility index (Phi) is 4.67. The first-order valence-electron chi connectivity index (χ1n) is 7.45. The Morgan fingerprint density at radius 1 is 1.09 bits per heavy atom. The summed E-state index contributed by atoms with van der Waals surface area (Å²) in [6.45, 7) is 2.37. The van der Waals surface area contributed by atoms with Crippen LogP contribution in [-0.4, -0.2) is 26.7 Å². The van der Waals surface area contributed by atoms with Gasteiger partial charge in [-0.15, -0.1) is 5.10 Å². The second-order valence-electron chi connectivity index (χ2n) is 4.93. The van der Waals surface area contributed by atoms with Gasteiger partial charge in [-0.05, 0) is 30.5 Å². The van der Waals surface area contributed by atoms with E-state index < -0.39 is 12.3 Å². The molecule has 1 heterocycles. The van der Waals surface area contributed by atoms with Crippen molar-refractivity contribution in [2.45, 2.75) is 19.3 Å². The fourth-order valence-corrected chi connectivity index (χ4v) is 2.26. The minimum atomic E-state index is -0.867. The van der Waals surface area contributed by atoms with Crippen LogP contribution in [0.3, 0.4) is 0 Å². The van der Waals surface area contributed by atoms with E-state index in [4.69, 9.17) is 4.74 Å². The summed E-state index contributed by atoms with van der Waals surface area (Å²) >= 11 is 0. The van der Waals surface area contributed by atoms with E-state index >= 15 is 0 Å². The number of hydrogen-bond donors (Lipinski definition) is 1. The Bertz CT molecular complexity index is 833. The van der Waals surface area contributed by atoms with E-state index in [2.05, 4.69) is 22.2 Å². The SMILES string of the molecule is CCOC(C#CC(O)c1ccccc1)n1nnc2ccccc21. The first kappa shape index (κ1) is 15.2. The van der Waals surface area contributed by atoms with Crippen LogP contribution in [0.5, 0.6) is 0 Å². The molecule has 0 radical (unpaired) electrons. The first-order valence-corrected chi connectivity index (χ1v) is 7.45. The highest BCUT2D eigenvalue weighted by Gasteiger charge is 2.13. The molecule has 0 saturated heterocycles. The van der Waals surface area contributed by atoms with Crippen LogP contribution in [0.25, 0.3) is 11.0 Å². The lowest BCUT2D eigenvalue weighted by molar-refractivity contribution is 0.0467. The van der Waals surface area contributed by atoms with Crippen molar-refractivity contribution in [2.24, 2.45) is 0 Å². The molecule has 5 heteroatoms. The molecule has 0 aliphatic heterocycles. The zero-order valence-electron chi connectivity index (χ0n) is 12.8. The number of rotatable bonds is 4. The summed E-state index contributed by atoms with van der Waals surface area (Å²) in [6.07, 6.45) is -1.46. The Morgan fingerprint density at radius 3 is 2.61 bits per heavy atom. The van der Waals surface area contributed by atoms with E-state index in [1.54, 1.807) is 4.68 Å². The van der Waals surface area contributed by atoms with E-state index in [-0.39, 0.29) is 0 Å². The third-order valence-corrected chi connectivity index (χ3v) is 3.38. The molecule has 0 bridgehead atoms. The minimum absolute atomic E-state index is 0.481. The molecule has 0 aliphatic rings. The van der Waals surface area contributed by atoms with Gasteiger partial charge in [-0.1, -0.05) is 53.6 Å². The topological polar surface area (TPSA) is 60.2 Å². The van der Waals surface area contributed by atoms with Crippen molar-refractivity contribution in [3.8, 4) is 11.8 Å². The number of aromatic nitrogens is 3. The van der Waals surface area contributed by atoms with Crippen LogP contribution in [0, 0.1) is 11.8 Å². The summed E-state index contributed by atoms with van der Waals surface area (Å²) in [6, 6.07) is 16.9. The molecule has 0 spiro atoms. The van der Waals surface area contributed by atoms with Gasteiger partial charge < -0.3 is 9.84 Å². The van der Waals surface area contributed by atoms with Gasteiger partial charge in [-0.3, -0.25) is 0 Å². The zero-order valence-corrected chi connectivity index (χ0v) is 12.8. The predicted octanol–water partition coefficient (Wildman–Crippen LogP) is 2.70. The lowest BCUT2D eigenvalue weighted by Gasteiger charge is -2.12. The van der Waals surface area contributed by atoms with Crippen LogP contribution in [0.1, 0.15) is 24.8 Å². The Hall–Kier alpha value is -2.68. The number of ether oxygens (including phenoxy) is 1. The van der Waals surface area contributed by atoms with Gasteiger partial charge in [-0.2, -0.15) is 0 Å². The molecule has 2 unspecified atom stereocenters. The van der Waals surface area contributed by atoms with Gasteiger partial charge in [0.2, 0.25) is 6.23 Å². The normalized spacial score (nSPS) is 13.3. The standard InChI is InChI=1S/C18H17N3O2/c1-2-23-18(13-12-17(22)14-8-4-3-5-9-14)21-16-11-7-6-10-15(16)19-20-21/h3-11,17-18,22H,2H2,1H3. The number of aliphatic hydroxyl groups excluding tert-OH is 1. The molecular formula is C18H17N3O2. The maximum atomic E-state index is 10.2. The average molecular weight is 307 g/mol. The molecule has 0 saturated carbocycles. The first-order chi connectivity index (χ1) is 11.3. The Balaban J connectivity index is 1.90. The highest BCUT2D eigenvalue weighted by Crippen LogP contribution is 2.17. The molecule has 0 aliphatic carbocycles. The van der Waals surface area contributed by atoms with E-state index in [0.29, 0.717) is 6.61 Å². The zero-order chi connectivity index (χ0) is 16.1. The summed E-state index contributed by atoms with van der Waals surface area (Å²) in [5.74, 6) is 5.78. The molecule has 1 aromatic heterocycles. The van der Waals surface area contributed by atoms with E-state index in [9.17, 15) is 5.11 Å². The van der Waals surface area contributed by atoms with Gasteiger partial charge in [0.15, 0.2) is 0 Å². The fourth-order valence-electron chi connectivity index (χ4n) is 2.26. The third kappa shape index (κ3) is 3.39. The Labute approximate surface area is 134 Å². The van der Waals surface area contributed by atoms with Gasteiger partial charge in [0, 0.05) is 6.61 Å². The highest BCUT2D eigenvalue weighted by atomic mass is 16.5. The highest BCUT2D eigenvalue weighted by molar-refractivity contribution is 5.74. The van der Waals surface area contributed by atoms with Gasteiger partial charge in [0.05, 0.1) is 5.52 Å². The molecule has 0 fully saturated rings. The minimum Gasteiger partial charge on any atom is -0.376 e. The number of hydrogen-bond acceptors (Lipinski definition) is 4. The van der Waals surface area contributed by atoms with E-state index in [0.717, 1.165) is 16.6 Å². The van der Waals surface area contributed by atoms with Crippen molar-refractivity contribution in [2.75, 3.05) is 6.61 Å². The molecule has 2 atom stereocenters. The Morgan fingerprint density at radius 2 is 1.83 bits per heavy atom. The van der Waals surface area contributed by atoms with Gasteiger partial charge in [0.25, 0.3) is 0 Å². The van der Waals surface area contributed by atoms with Crippen LogP contribution < -0.4 is 0 Å². The molecule has 3 rings (SSSR count). The number of fused-ring (bicyclic) bond motifs is 1. The fraction of sp³-hybridized carbons (Fsp3) is 0.222. The summed E-state index contributed by atoms with van der Waals surface area (Å²) in [4.78, 5) is 0. The largest absolute Gasteiger partial charge is 0.376 e. The van der Waals surface area contributed by atoms with Crippen molar-refractivity contribution in [3.05, 3.63) is 60.2 Å². The molecule has 3 aromatic rings. The quantitative estimate of drug-likeness (QED) is 0.753. The molecular weight excluding hydrogens is 290 g/mol. The monoisotopic (exact) mass is 307 g/mol. The predicted molar refractivity (Wildman–Crippen MR) is 87.4 cm³/mol. The summed E-state index contributed by atoms with van der Waals surface area (Å²) in [7, 11) is 0. The average Bonchev–Trinajstić information content (AvgIpc) is 3.03. The van der Waals surface area contributed by atoms with Crippen LogP contribution in [0.4, 0.5) is 0 Å². The lowest BCUT2D eigenvalue weighted by Crippen LogP contribution is -2.13. The van der Waals surface area contributed by atoms with Gasteiger partial charge in [0.1, 0.15) is 11.6 Å². The second kappa shape index (κ2) is 7.05. The number of benzene rings is 2. The van der Waals surface area contributed by atoms with Crippen LogP contribution in [0.15, 0.2) is 54.6 Å². The van der Waals surface area contributed by atoms with Crippen molar-refractivity contribution in [1.29, 1.82) is 0 Å². The number of para-hydroxylation sites is 1. The summed E-state index contributed by atoms with van der Waals surface area (Å²) in [5.41, 5.74) is 2.37. The van der Waals surface area contributed by atoms with Crippen molar-refractivity contribution in [3.63, 3.8) is 0 Å². The molecule has 116 valence electrons. The smallest absolute Gasteiger partial charge is 0.215 e. The van der Waals surface area contributed by atoms with Gasteiger partial charge >= 0.3 is 0 Å². The molecule has 23 heavy (non-hydrogen) atoms. The van der Waals surface area contributed by atoms with Crippen molar-refractivity contribution in [1.82, 2.24) is 15.0 Å². The molecule has 1 N–H and O–H groups in total. The maximum absolute atomic E-state index is 10.2. The van der Waals surface area contributed by atoms with Crippen LogP contribution in [-0.2, 0) is 4.74 Å². The summed E-state index contributed by atoms with van der Waals surface area (Å²) < 4.78 is 7.29. The van der Waals surface area contributed by atoms with Crippen molar-refractivity contribution < 1.29 is 9.84 Å². The number of nitrogens with zero attached hydrogens (tertiary/aromatic N) is 3. The summed E-state index contributed by atoms with van der Waals surface area (Å²) in [5, 5.41) is 18.4. The number of aliphatic hydroxyl groups is 1. The van der Waals surface area contributed by atoms with E-state index in [1.807, 2.05) is 61.5 Å². The molecule has 2 aromatic carbocycles. The third-order valence-electron chi connectivity index (χ3n) is 3.38. The molecule has 0 amide bonds. The van der Waals surface area contributed by atoms with E-state index in [1.165, 1.54) is 0 Å². The maximum Gasteiger partial charge on any atom is 0.215 e.